The van der Waals surface area contributed by atoms with Gasteiger partial charge in [0.15, 0.2) is 0 Å². The number of nitrogens with one attached hydrogen (secondary N) is 1. The van der Waals surface area contributed by atoms with Gasteiger partial charge in [0.1, 0.15) is 0 Å². The molecule has 1 spiro atoms. The van der Waals surface area contributed by atoms with Gasteiger partial charge in [-0.05, 0) is 24.7 Å². The molecule has 1 saturated carbocycles. The van der Waals surface area contributed by atoms with Crippen molar-refractivity contribution in [1.29, 1.82) is 0 Å². The molecule has 0 unspecified atom stereocenters. The van der Waals surface area contributed by atoms with Crippen LogP contribution in [0.3, 0.4) is 0 Å². The number of amides is 1. The molecule has 0 radical (unpaired) electrons. The summed E-state index contributed by atoms with van der Waals surface area (Å²) in [4.78, 5) is 10.8. The molecule has 2 aliphatic rings. The molecule has 2 heteroatoms. The van der Waals surface area contributed by atoms with E-state index in [-0.39, 0.29) is 5.91 Å². The molecule has 2 nitrogen and oxygen atoms in total. The van der Waals surface area contributed by atoms with Crippen molar-refractivity contribution in [2.75, 3.05) is 6.54 Å². The maximum Gasteiger partial charge on any atom is 0.220 e. The van der Waals surface area contributed by atoms with Crippen LogP contribution in [0.4, 0.5) is 0 Å². The third-order valence-corrected chi connectivity index (χ3v) is 2.96. The summed E-state index contributed by atoms with van der Waals surface area (Å²) in [5.41, 5.74) is 0.550. The van der Waals surface area contributed by atoms with E-state index < -0.39 is 0 Å². The van der Waals surface area contributed by atoms with Crippen molar-refractivity contribution in [2.45, 2.75) is 32.1 Å². The summed E-state index contributed by atoms with van der Waals surface area (Å²) in [6, 6.07) is 0. The van der Waals surface area contributed by atoms with Crippen LogP contribution in [0.15, 0.2) is 0 Å². The van der Waals surface area contributed by atoms with E-state index in [4.69, 9.17) is 0 Å². The summed E-state index contributed by atoms with van der Waals surface area (Å²) in [5.74, 6) is 0.248. The van der Waals surface area contributed by atoms with Crippen LogP contribution < -0.4 is 5.32 Å². The summed E-state index contributed by atoms with van der Waals surface area (Å²) in [6.07, 6.45) is 5.95. The van der Waals surface area contributed by atoms with Gasteiger partial charge in [0.25, 0.3) is 0 Å². The van der Waals surface area contributed by atoms with Crippen molar-refractivity contribution in [2.24, 2.45) is 5.41 Å². The van der Waals surface area contributed by atoms with E-state index in [0.29, 0.717) is 5.41 Å². The molecule has 0 aromatic carbocycles. The van der Waals surface area contributed by atoms with Crippen LogP contribution in [0.2, 0.25) is 0 Å². The second kappa shape index (κ2) is 1.97. The van der Waals surface area contributed by atoms with Gasteiger partial charge in [-0.15, -0.1) is 0 Å². The molecule has 1 heterocycles. The van der Waals surface area contributed by atoms with Crippen LogP contribution in [0.5, 0.6) is 0 Å². The highest BCUT2D eigenvalue weighted by molar-refractivity contribution is 5.76. The topological polar surface area (TPSA) is 29.1 Å². The quantitative estimate of drug-likeness (QED) is 0.534. The average Bonchev–Trinajstić information content (AvgIpc) is 1.86. The molecule has 2 rings (SSSR count). The average molecular weight is 139 g/mol. The van der Waals surface area contributed by atoms with E-state index in [2.05, 4.69) is 5.32 Å². The van der Waals surface area contributed by atoms with Gasteiger partial charge in [0, 0.05) is 13.0 Å². The normalized spacial score (nSPS) is 29.4. The minimum Gasteiger partial charge on any atom is -0.356 e. The van der Waals surface area contributed by atoms with Crippen molar-refractivity contribution in [1.82, 2.24) is 5.32 Å². The van der Waals surface area contributed by atoms with E-state index in [1.807, 2.05) is 0 Å². The smallest absolute Gasteiger partial charge is 0.220 e. The minimum atomic E-state index is 0.248. The number of rotatable bonds is 0. The van der Waals surface area contributed by atoms with Crippen LogP contribution in [-0.4, -0.2) is 12.5 Å². The van der Waals surface area contributed by atoms with Gasteiger partial charge in [-0.1, -0.05) is 6.42 Å². The maximum atomic E-state index is 10.8. The van der Waals surface area contributed by atoms with Gasteiger partial charge >= 0.3 is 0 Å². The Kier molecular flexibility index (Phi) is 1.22. The van der Waals surface area contributed by atoms with Crippen molar-refractivity contribution >= 4 is 5.91 Å². The maximum absolute atomic E-state index is 10.8. The van der Waals surface area contributed by atoms with Crippen molar-refractivity contribution in [3.05, 3.63) is 0 Å². The zero-order valence-corrected chi connectivity index (χ0v) is 6.15. The van der Waals surface area contributed by atoms with Gasteiger partial charge in [-0.25, -0.2) is 0 Å². The van der Waals surface area contributed by atoms with Gasteiger partial charge in [-0.2, -0.15) is 0 Å². The van der Waals surface area contributed by atoms with E-state index in [1.54, 1.807) is 0 Å². The lowest BCUT2D eigenvalue weighted by atomic mass is 9.65. The molecule has 0 bridgehead atoms. The SMILES string of the molecule is O=C1CCC2(CCC2)CN1. The molecule has 10 heavy (non-hydrogen) atoms. The zero-order valence-electron chi connectivity index (χ0n) is 6.15. The monoisotopic (exact) mass is 139 g/mol. The lowest BCUT2D eigenvalue weighted by molar-refractivity contribution is -0.125. The van der Waals surface area contributed by atoms with Gasteiger partial charge in [-0.3, -0.25) is 4.79 Å². The number of carbonyl (C=O) groups excluding carboxylic acids is 1. The largest absolute Gasteiger partial charge is 0.356 e. The first-order valence-electron chi connectivity index (χ1n) is 4.08. The van der Waals surface area contributed by atoms with Crippen LogP contribution in [0.25, 0.3) is 0 Å². The van der Waals surface area contributed by atoms with Gasteiger partial charge < -0.3 is 5.32 Å². The fourth-order valence-corrected chi connectivity index (χ4v) is 1.95. The van der Waals surface area contributed by atoms with Crippen molar-refractivity contribution in [3.63, 3.8) is 0 Å². The molecular formula is C8H13NO. The predicted molar refractivity (Wildman–Crippen MR) is 38.5 cm³/mol. The van der Waals surface area contributed by atoms with Crippen LogP contribution in [-0.2, 0) is 4.79 Å². The zero-order chi connectivity index (χ0) is 7.03. The van der Waals surface area contributed by atoms with E-state index in [9.17, 15) is 4.79 Å². The van der Waals surface area contributed by atoms with Crippen LogP contribution >= 0.6 is 0 Å². The third kappa shape index (κ3) is 0.825. The van der Waals surface area contributed by atoms with Crippen LogP contribution in [0, 0.1) is 5.41 Å². The summed E-state index contributed by atoms with van der Waals surface area (Å²) in [5, 5.41) is 2.94. The molecule has 1 amide bonds. The molecule has 1 aliphatic heterocycles. The molecule has 1 aliphatic carbocycles. The summed E-state index contributed by atoms with van der Waals surface area (Å²) >= 11 is 0. The fraction of sp³-hybridized carbons (Fsp3) is 0.875. The minimum absolute atomic E-state index is 0.248. The van der Waals surface area contributed by atoms with E-state index in [1.165, 1.54) is 19.3 Å². The molecule has 1 saturated heterocycles. The lowest BCUT2D eigenvalue weighted by Gasteiger charge is -2.44. The number of hydrogen-bond donors (Lipinski definition) is 1. The molecule has 56 valence electrons. The van der Waals surface area contributed by atoms with Gasteiger partial charge in [0.05, 0.1) is 0 Å². The fourth-order valence-electron chi connectivity index (χ4n) is 1.95. The molecule has 2 fully saturated rings. The summed E-state index contributed by atoms with van der Waals surface area (Å²) in [6.45, 7) is 0.950. The number of piperidine rings is 1. The Labute approximate surface area is 61.0 Å². The number of hydrogen-bond acceptors (Lipinski definition) is 1. The Balaban J connectivity index is 1.96. The summed E-state index contributed by atoms with van der Waals surface area (Å²) < 4.78 is 0. The Morgan fingerprint density at radius 1 is 1.30 bits per heavy atom. The first-order valence-corrected chi connectivity index (χ1v) is 4.08. The molecule has 0 aromatic heterocycles. The highest BCUT2D eigenvalue weighted by Crippen LogP contribution is 2.45. The third-order valence-electron chi connectivity index (χ3n) is 2.96. The summed E-state index contributed by atoms with van der Waals surface area (Å²) in [7, 11) is 0. The predicted octanol–water partition coefficient (Wildman–Crippen LogP) is 1.07. The standard InChI is InChI=1S/C8H13NO/c10-7-2-5-8(6-9-7)3-1-4-8/h1-6H2,(H,9,10). The molecule has 0 aromatic rings. The first kappa shape index (κ1) is 6.20. The van der Waals surface area contributed by atoms with Crippen LogP contribution in [0.1, 0.15) is 32.1 Å². The Morgan fingerprint density at radius 2 is 2.10 bits per heavy atom. The van der Waals surface area contributed by atoms with Crippen molar-refractivity contribution in [3.8, 4) is 0 Å². The Bertz CT molecular complexity index is 149. The van der Waals surface area contributed by atoms with E-state index >= 15 is 0 Å². The molecular weight excluding hydrogens is 126 g/mol. The Hall–Kier alpha value is -0.530. The second-order valence-electron chi connectivity index (χ2n) is 3.63. The number of carbonyl (C=O) groups is 1. The van der Waals surface area contributed by atoms with Gasteiger partial charge in [0.2, 0.25) is 5.91 Å². The van der Waals surface area contributed by atoms with E-state index in [0.717, 1.165) is 19.4 Å². The van der Waals surface area contributed by atoms with Crippen molar-refractivity contribution < 1.29 is 4.79 Å². The Morgan fingerprint density at radius 3 is 2.50 bits per heavy atom. The lowest BCUT2D eigenvalue weighted by Crippen LogP contribution is -2.46. The first-order chi connectivity index (χ1) is 4.81. The highest BCUT2D eigenvalue weighted by Gasteiger charge is 2.39. The highest BCUT2D eigenvalue weighted by atomic mass is 16.1. The second-order valence-corrected chi connectivity index (χ2v) is 3.63. The molecule has 0 atom stereocenters. The molecule has 1 N–H and O–H groups in total.